The van der Waals surface area contributed by atoms with E-state index in [2.05, 4.69) is 29.0 Å². The molecule has 5 heteroatoms. The third-order valence-corrected chi connectivity index (χ3v) is 4.31. The maximum atomic E-state index is 6.13. The largest absolute Gasteiger partial charge is 0.493 e. The number of methoxy groups -OCH3 is 2. The summed E-state index contributed by atoms with van der Waals surface area (Å²) in [5.41, 5.74) is 5.04. The Kier molecular flexibility index (Phi) is 5.31. The third-order valence-electron chi connectivity index (χ3n) is 4.31. The van der Waals surface area contributed by atoms with E-state index in [1.54, 1.807) is 14.2 Å². The molecule has 1 aromatic heterocycles. The monoisotopic (exact) mass is 364 g/mol. The van der Waals surface area contributed by atoms with Crippen molar-refractivity contribution in [3.63, 3.8) is 0 Å². The van der Waals surface area contributed by atoms with Crippen molar-refractivity contribution in [1.82, 2.24) is 9.97 Å². The van der Waals surface area contributed by atoms with Gasteiger partial charge in [-0.15, -0.1) is 0 Å². The molecule has 0 unspecified atom stereocenters. The minimum Gasteiger partial charge on any atom is -0.493 e. The van der Waals surface area contributed by atoms with Crippen molar-refractivity contribution in [2.45, 2.75) is 27.7 Å². The first-order valence-electron chi connectivity index (χ1n) is 8.75. The van der Waals surface area contributed by atoms with Crippen molar-refractivity contribution in [3.05, 3.63) is 58.9 Å². The molecule has 3 rings (SSSR count). The van der Waals surface area contributed by atoms with Gasteiger partial charge in [-0.05, 0) is 57.0 Å². The van der Waals surface area contributed by atoms with E-state index in [0.717, 1.165) is 28.1 Å². The van der Waals surface area contributed by atoms with E-state index in [4.69, 9.17) is 14.2 Å². The molecule has 0 saturated carbocycles. The summed E-state index contributed by atoms with van der Waals surface area (Å²) in [6.07, 6.45) is 0. The van der Waals surface area contributed by atoms with Crippen molar-refractivity contribution >= 4 is 0 Å². The van der Waals surface area contributed by atoms with E-state index in [1.165, 1.54) is 5.56 Å². The number of ether oxygens (including phenoxy) is 3. The third kappa shape index (κ3) is 4.03. The van der Waals surface area contributed by atoms with Crippen molar-refractivity contribution in [2.75, 3.05) is 14.2 Å². The lowest BCUT2D eigenvalue weighted by Crippen LogP contribution is -1.99. The molecular formula is C22H24N2O3. The lowest BCUT2D eigenvalue weighted by atomic mass is 10.1. The molecule has 0 bridgehead atoms. The van der Waals surface area contributed by atoms with Crippen LogP contribution < -0.4 is 14.2 Å². The molecule has 140 valence electrons. The number of hydrogen-bond donors (Lipinski definition) is 0. The van der Waals surface area contributed by atoms with Crippen LogP contribution in [0.1, 0.15) is 22.5 Å². The molecule has 2 aromatic carbocycles. The van der Waals surface area contributed by atoms with Crippen LogP contribution in [0.3, 0.4) is 0 Å². The van der Waals surface area contributed by atoms with Crippen LogP contribution in [0.15, 0.2) is 36.4 Å². The van der Waals surface area contributed by atoms with Crippen molar-refractivity contribution in [2.24, 2.45) is 0 Å². The van der Waals surface area contributed by atoms with Gasteiger partial charge in [0.15, 0.2) is 11.5 Å². The van der Waals surface area contributed by atoms with Gasteiger partial charge in [0, 0.05) is 11.6 Å². The van der Waals surface area contributed by atoms with Gasteiger partial charge in [-0.3, -0.25) is 0 Å². The summed E-state index contributed by atoms with van der Waals surface area (Å²) >= 11 is 0. The lowest BCUT2D eigenvalue weighted by Gasteiger charge is -2.14. The Bertz CT molecular complexity index is 960. The van der Waals surface area contributed by atoms with Crippen molar-refractivity contribution in [3.8, 4) is 34.4 Å². The van der Waals surface area contributed by atoms with E-state index in [9.17, 15) is 0 Å². The smallest absolute Gasteiger partial charge is 0.223 e. The van der Waals surface area contributed by atoms with E-state index in [1.807, 2.05) is 45.0 Å². The van der Waals surface area contributed by atoms with Crippen LogP contribution in [-0.4, -0.2) is 24.2 Å². The molecular weight excluding hydrogens is 340 g/mol. The summed E-state index contributed by atoms with van der Waals surface area (Å²) in [5.74, 6) is 3.31. The van der Waals surface area contributed by atoms with Gasteiger partial charge in [-0.1, -0.05) is 17.7 Å². The summed E-state index contributed by atoms with van der Waals surface area (Å²) in [4.78, 5) is 8.99. The highest BCUT2D eigenvalue weighted by molar-refractivity contribution is 5.65. The first-order valence-corrected chi connectivity index (χ1v) is 8.75. The Morgan fingerprint density at radius 1 is 0.741 bits per heavy atom. The van der Waals surface area contributed by atoms with Crippen molar-refractivity contribution in [1.29, 1.82) is 0 Å². The van der Waals surface area contributed by atoms with Crippen LogP contribution in [0.2, 0.25) is 0 Å². The van der Waals surface area contributed by atoms with E-state index in [0.29, 0.717) is 23.2 Å². The van der Waals surface area contributed by atoms with Crippen molar-refractivity contribution < 1.29 is 14.2 Å². The maximum absolute atomic E-state index is 6.13. The zero-order chi connectivity index (χ0) is 19.6. The molecule has 0 aliphatic heterocycles. The number of rotatable bonds is 5. The van der Waals surface area contributed by atoms with Gasteiger partial charge < -0.3 is 14.2 Å². The number of aromatic nitrogens is 2. The van der Waals surface area contributed by atoms with Gasteiger partial charge in [0.1, 0.15) is 11.6 Å². The van der Waals surface area contributed by atoms with Gasteiger partial charge in [-0.2, -0.15) is 4.98 Å². The fourth-order valence-corrected chi connectivity index (χ4v) is 3.17. The number of benzene rings is 2. The Labute approximate surface area is 160 Å². The second-order valence-corrected chi connectivity index (χ2v) is 6.54. The molecule has 0 saturated heterocycles. The molecule has 0 amide bonds. The first-order chi connectivity index (χ1) is 12.9. The molecule has 3 aromatic rings. The fourth-order valence-electron chi connectivity index (χ4n) is 3.17. The SMILES string of the molecule is COc1ccc(-c2cc(Oc3c(C)cc(C)cc3C)nc(C)n2)cc1OC. The summed E-state index contributed by atoms with van der Waals surface area (Å²) in [6, 6.07) is 11.7. The molecule has 27 heavy (non-hydrogen) atoms. The first kappa shape index (κ1) is 18.7. The predicted molar refractivity (Wildman–Crippen MR) is 106 cm³/mol. The highest BCUT2D eigenvalue weighted by Crippen LogP contribution is 2.34. The topological polar surface area (TPSA) is 53.5 Å². The second-order valence-electron chi connectivity index (χ2n) is 6.54. The van der Waals surface area contributed by atoms with Crippen LogP contribution in [-0.2, 0) is 0 Å². The van der Waals surface area contributed by atoms with Gasteiger partial charge in [0.2, 0.25) is 5.88 Å². The average molecular weight is 364 g/mol. The van der Waals surface area contributed by atoms with E-state index >= 15 is 0 Å². The molecule has 1 heterocycles. The fraction of sp³-hybridized carbons (Fsp3) is 0.273. The summed E-state index contributed by atoms with van der Waals surface area (Å²) in [6.45, 7) is 8.01. The molecule has 0 fully saturated rings. The van der Waals surface area contributed by atoms with Gasteiger partial charge in [0.25, 0.3) is 0 Å². The lowest BCUT2D eigenvalue weighted by molar-refractivity contribution is 0.355. The Balaban J connectivity index is 2.01. The van der Waals surface area contributed by atoms with Crippen LogP contribution in [0.4, 0.5) is 0 Å². The molecule has 0 aliphatic carbocycles. The van der Waals surface area contributed by atoms with Crippen LogP contribution in [0.25, 0.3) is 11.3 Å². The quantitative estimate of drug-likeness (QED) is 0.624. The zero-order valence-corrected chi connectivity index (χ0v) is 16.6. The summed E-state index contributed by atoms with van der Waals surface area (Å²) < 4.78 is 16.8. The number of hydrogen-bond acceptors (Lipinski definition) is 5. The van der Waals surface area contributed by atoms with Gasteiger partial charge >= 0.3 is 0 Å². The molecule has 0 aliphatic rings. The standard InChI is InChI=1S/C22H24N2O3/c1-13-9-14(2)22(15(3)10-13)27-21-12-18(23-16(4)24-21)17-7-8-19(25-5)20(11-17)26-6/h7-12H,1-6H3. The van der Waals surface area contributed by atoms with Crippen LogP contribution in [0, 0.1) is 27.7 Å². The zero-order valence-electron chi connectivity index (χ0n) is 16.6. The van der Waals surface area contributed by atoms with Gasteiger partial charge in [-0.25, -0.2) is 4.98 Å². The van der Waals surface area contributed by atoms with Gasteiger partial charge in [0.05, 0.1) is 19.9 Å². The van der Waals surface area contributed by atoms with E-state index < -0.39 is 0 Å². The highest BCUT2D eigenvalue weighted by Gasteiger charge is 2.12. The molecule has 5 nitrogen and oxygen atoms in total. The van der Waals surface area contributed by atoms with E-state index in [-0.39, 0.29) is 0 Å². The summed E-state index contributed by atoms with van der Waals surface area (Å²) in [7, 11) is 3.23. The van der Waals surface area contributed by atoms with Crippen LogP contribution in [0.5, 0.6) is 23.1 Å². The Morgan fingerprint density at radius 2 is 1.41 bits per heavy atom. The maximum Gasteiger partial charge on any atom is 0.223 e. The van der Waals surface area contributed by atoms with Crippen LogP contribution >= 0.6 is 0 Å². The Morgan fingerprint density at radius 3 is 2.04 bits per heavy atom. The molecule has 0 spiro atoms. The minimum atomic E-state index is 0.516. The molecule has 0 N–H and O–H groups in total. The second kappa shape index (κ2) is 7.66. The normalized spacial score (nSPS) is 10.6. The molecule has 0 atom stereocenters. The summed E-state index contributed by atoms with van der Waals surface area (Å²) in [5, 5.41) is 0. The number of aryl methyl sites for hydroxylation is 4. The number of nitrogens with zero attached hydrogens (tertiary/aromatic N) is 2. The minimum absolute atomic E-state index is 0.516. The molecule has 0 radical (unpaired) electrons. The predicted octanol–water partition coefficient (Wildman–Crippen LogP) is 5.19. The highest BCUT2D eigenvalue weighted by atomic mass is 16.5. The average Bonchev–Trinajstić information content (AvgIpc) is 2.63. The Hall–Kier alpha value is -3.08.